The van der Waals surface area contributed by atoms with Crippen LogP contribution in [0.2, 0.25) is 0 Å². The van der Waals surface area contributed by atoms with Crippen LogP contribution in [0.5, 0.6) is 0 Å². The summed E-state index contributed by atoms with van der Waals surface area (Å²) in [6.07, 6.45) is 3.50. The summed E-state index contributed by atoms with van der Waals surface area (Å²) in [7, 11) is 0. The zero-order chi connectivity index (χ0) is 9.78. The third-order valence-electron chi connectivity index (χ3n) is 1.56. The number of nitrogens with zero attached hydrogens (tertiary/aromatic N) is 1. The van der Waals surface area contributed by atoms with E-state index in [9.17, 15) is 0 Å². The summed E-state index contributed by atoms with van der Waals surface area (Å²) in [5.41, 5.74) is 1.59. The van der Waals surface area contributed by atoms with Crippen molar-refractivity contribution in [3.8, 4) is 0 Å². The van der Waals surface area contributed by atoms with Gasteiger partial charge in [-0.25, -0.2) is 0 Å². The highest BCUT2D eigenvalue weighted by Crippen LogP contribution is 2.25. The third kappa shape index (κ3) is 3.46. The number of rotatable bonds is 2. The molecule has 68 valence electrons. The second kappa shape index (κ2) is 4.19. The minimum Gasteiger partial charge on any atom is -0.305 e. The standard InChI is InChI=1S/C10H18N2/c1-6-12-7-9(8(2)11)10(3,4)5/h6-7,11H,1-5H3/b9-7+,11-8?,12-6?. The van der Waals surface area contributed by atoms with E-state index in [-0.39, 0.29) is 5.41 Å². The molecule has 0 aromatic rings. The highest BCUT2D eigenvalue weighted by molar-refractivity contribution is 5.96. The van der Waals surface area contributed by atoms with E-state index >= 15 is 0 Å². The quantitative estimate of drug-likeness (QED) is 0.612. The largest absolute Gasteiger partial charge is 0.305 e. The van der Waals surface area contributed by atoms with Crippen molar-refractivity contribution in [2.75, 3.05) is 0 Å². The van der Waals surface area contributed by atoms with Crippen LogP contribution in [0.1, 0.15) is 34.6 Å². The molecule has 0 aliphatic heterocycles. The smallest absolute Gasteiger partial charge is 0.0335 e. The van der Waals surface area contributed by atoms with E-state index in [2.05, 4.69) is 25.8 Å². The van der Waals surface area contributed by atoms with Crippen molar-refractivity contribution in [3.05, 3.63) is 11.8 Å². The van der Waals surface area contributed by atoms with Crippen molar-refractivity contribution in [1.29, 1.82) is 5.41 Å². The highest BCUT2D eigenvalue weighted by Gasteiger charge is 2.18. The van der Waals surface area contributed by atoms with Crippen LogP contribution in [-0.4, -0.2) is 11.9 Å². The molecule has 0 aromatic carbocycles. The number of aliphatic imine (C=N–C) groups is 1. The molecule has 0 aliphatic rings. The molecular formula is C10H18N2. The van der Waals surface area contributed by atoms with Crippen LogP contribution in [-0.2, 0) is 0 Å². The Morgan fingerprint density at radius 2 is 1.83 bits per heavy atom. The van der Waals surface area contributed by atoms with Crippen LogP contribution in [0, 0.1) is 10.8 Å². The SMILES string of the molecule is CC=N/C=C(\C(C)=N)C(C)(C)C. The van der Waals surface area contributed by atoms with Crippen LogP contribution in [0.3, 0.4) is 0 Å². The van der Waals surface area contributed by atoms with Gasteiger partial charge >= 0.3 is 0 Å². The summed E-state index contributed by atoms with van der Waals surface area (Å²) in [4.78, 5) is 4.03. The summed E-state index contributed by atoms with van der Waals surface area (Å²) < 4.78 is 0. The van der Waals surface area contributed by atoms with E-state index in [1.54, 1.807) is 19.3 Å². The van der Waals surface area contributed by atoms with Crippen molar-refractivity contribution in [3.63, 3.8) is 0 Å². The van der Waals surface area contributed by atoms with E-state index in [0.717, 1.165) is 5.57 Å². The molecule has 0 saturated carbocycles. The Balaban J connectivity index is 4.80. The predicted octanol–water partition coefficient (Wildman–Crippen LogP) is 3.05. The second-order valence-electron chi connectivity index (χ2n) is 3.83. The molecule has 0 aliphatic carbocycles. The molecule has 2 heteroatoms. The molecule has 0 fully saturated rings. The lowest BCUT2D eigenvalue weighted by molar-refractivity contribution is 0.522. The average molecular weight is 166 g/mol. The van der Waals surface area contributed by atoms with Crippen LogP contribution >= 0.6 is 0 Å². The van der Waals surface area contributed by atoms with Gasteiger partial charge in [0.15, 0.2) is 0 Å². The lowest BCUT2D eigenvalue weighted by atomic mass is 9.84. The molecule has 1 N–H and O–H groups in total. The Bertz CT molecular complexity index is 216. The molecule has 12 heavy (non-hydrogen) atoms. The first-order chi connectivity index (χ1) is 5.39. The van der Waals surface area contributed by atoms with E-state index in [1.807, 2.05) is 6.92 Å². The molecule has 0 unspecified atom stereocenters. The second-order valence-corrected chi connectivity index (χ2v) is 3.83. The van der Waals surface area contributed by atoms with Gasteiger partial charge in [-0.05, 0) is 24.8 Å². The lowest BCUT2D eigenvalue weighted by Crippen LogP contribution is -2.15. The molecule has 0 rings (SSSR count). The molecule has 0 amide bonds. The normalized spacial score (nSPS) is 13.9. The maximum absolute atomic E-state index is 7.54. The predicted molar refractivity (Wildman–Crippen MR) is 55.1 cm³/mol. The lowest BCUT2D eigenvalue weighted by Gasteiger charge is -2.21. The first-order valence-electron chi connectivity index (χ1n) is 4.13. The Morgan fingerprint density at radius 3 is 2.08 bits per heavy atom. The molecule has 0 saturated heterocycles. The van der Waals surface area contributed by atoms with Crippen LogP contribution in [0.4, 0.5) is 0 Å². The Kier molecular flexibility index (Phi) is 3.87. The molecule has 0 aromatic heterocycles. The minimum atomic E-state index is 0.0122. The van der Waals surface area contributed by atoms with Gasteiger partial charge in [-0.15, -0.1) is 0 Å². The van der Waals surface area contributed by atoms with Gasteiger partial charge in [-0.1, -0.05) is 20.8 Å². The van der Waals surface area contributed by atoms with Crippen molar-refractivity contribution >= 4 is 11.9 Å². The third-order valence-corrected chi connectivity index (χ3v) is 1.56. The number of nitrogens with one attached hydrogen (secondary N) is 1. The Hall–Kier alpha value is -0.920. The maximum Gasteiger partial charge on any atom is 0.0335 e. The zero-order valence-corrected chi connectivity index (χ0v) is 8.60. The van der Waals surface area contributed by atoms with Crippen LogP contribution in [0.15, 0.2) is 16.8 Å². The van der Waals surface area contributed by atoms with Gasteiger partial charge < -0.3 is 5.41 Å². The number of allylic oxidation sites excluding steroid dienone is 1. The molecule has 0 radical (unpaired) electrons. The van der Waals surface area contributed by atoms with Gasteiger partial charge in [0.25, 0.3) is 0 Å². The first-order valence-corrected chi connectivity index (χ1v) is 4.13. The van der Waals surface area contributed by atoms with Crippen LogP contribution < -0.4 is 0 Å². The average Bonchev–Trinajstić information content (AvgIpc) is 1.84. The molecule has 0 heterocycles. The summed E-state index contributed by atoms with van der Waals surface area (Å²) in [5, 5.41) is 7.54. The maximum atomic E-state index is 7.54. The zero-order valence-electron chi connectivity index (χ0n) is 8.60. The van der Waals surface area contributed by atoms with Crippen LogP contribution in [0.25, 0.3) is 0 Å². The van der Waals surface area contributed by atoms with Crippen molar-refractivity contribution < 1.29 is 0 Å². The fourth-order valence-electron chi connectivity index (χ4n) is 1.00. The highest BCUT2D eigenvalue weighted by atomic mass is 14.7. The van der Waals surface area contributed by atoms with Crippen molar-refractivity contribution in [2.24, 2.45) is 10.4 Å². The minimum absolute atomic E-state index is 0.0122. The first kappa shape index (κ1) is 11.1. The number of hydrogen-bond acceptors (Lipinski definition) is 2. The molecule has 0 spiro atoms. The molecule has 0 bridgehead atoms. The summed E-state index contributed by atoms with van der Waals surface area (Å²) in [6, 6.07) is 0. The van der Waals surface area contributed by atoms with Crippen molar-refractivity contribution in [2.45, 2.75) is 34.6 Å². The van der Waals surface area contributed by atoms with Gasteiger partial charge in [-0.2, -0.15) is 0 Å². The van der Waals surface area contributed by atoms with E-state index in [0.29, 0.717) is 5.71 Å². The monoisotopic (exact) mass is 166 g/mol. The Morgan fingerprint density at radius 1 is 1.33 bits per heavy atom. The van der Waals surface area contributed by atoms with Gasteiger partial charge in [0.05, 0.1) is 0 Å². The van der Waals surface area contributed by atoms with Gasteiger partial charge in [0.2, 0.25) is 0 Å². The van der Waals surface area contributed by atoms with Gasteiger partial charge in [-0.3, -0.25) is 4.99 Å². The van der Waals surface area contributed by atoms with Gasteiger partial charge in [0.1, 0.15) is 0 Å². The molecule has 0 atom stereocenters. The van der Waals surface area contributed by atoms with Gasteiger partial charge in [0, 0.05) is 18.1 Å². The summed E-state index contributed by atoms with van der Waals surface area (Å²) in [5.74, 6) is 0. The summed E-state index contributed by atoms with van der Waals surface area (Å²) in [6.45, 7) is 9.92. The van der Waals surface area contributed by atoms with E-state index < -0.39 is 0 Å². The van der Waals surface area contributed by atoms with E-state index in [4.69, 9.17) is 5.41 Å². The topological polar surface area (TPSA) is 36.2 Å². The van der Waals surface area contributed by atoms with Crippen molar-refractivity contribution in [1.82, 2.24) is 0 Å². The molecular weight excluding hydrogens is 148 g/mol. The summed E-state index contributed by atoms with van der Waals surface area (Å²) >= 11 is 0. The fraction of sp³-hybridized carbons (Fsp3) is 0.600. The Labute approximate surface area is 74.9 Å². The molecule has 2 nitrogen and oxygen atoms in total. The number of hydrogen-bond donors (Lipinski definition) is 1. The fourth-order valence-corrected chi connectivity index (χ4v) is 1.00. The van der Waals surface area contributed by atoms with E-state index in [1.165, 1.54) is 0 Å².